The Labute approximate surface area is 83.7 Å². The van der Waals surface area contributed by atoms with Gasteiger partial charge in [0, 0.05) is 7.11 Å². The van der Waals surface area contributed by atoms with Gasteiger partial charge in [-0.3, -0.25) is 4.79 Å². The molecule has 76 valence electrons. The van der Waals surface area contributed by atoms with Crippen LogP contribution in [0.25, 0.3) is 0 Å². The fourth-order valence-corrected chi connectivity index (χ4v) is 1.16. The third-order valence-corrected chi connectivity index (χ3v) is 1.96. The smallest absolute Gasteiger partial charge is 0.253 e. The Morgan fingerprint density at radius 3 is 2.93 bits per heavy atom. The molecule has 1 aliphatic carbocycles. The van der Waals surface area contributed by atoms with Gasteiger partial charge in [-0.1, -0.05) is 18.2 Å². The highest BCUT2D eigenvalue weighted by Gasteiger charge is 2.36. The molecule has 3 nitrogen and oxygen atoms in total. The van der Waals surface area contributed by atoms with Crippen LogP contribution in [0.4, 0.5) is 0 Å². The quantitative estimate of drug-likeness (QED) is 0.379. The van der Waals surface area contributed by atoms with Crippen LogP contribution < -0.4 is 0 Å². The number of ketones is 1. The standard InChI is InChI=1S/C11H14O3/c1-3-4-9-14-11(13-2)8-6-5-7-10(11)12/h3,5-8H,1,4,9H2,2H3. The summed E-state index contributed by atoms with van der Waals surface area (Å²) in [4.78, 5) is 11.5. The number of hydrogen-bond acceptors (Lipinski definition) is 3. The van der Waals surface area contributed by atoms with Gasteiger partial charge in [-0.15, -0.1) is 6.58 Å². The first-order valence-corrected chi connectivity index (χ1v) is 4.45. The first kappa shape index (κ1) is 10.9. The van der Waals surface area contributed by atoms with Crippen LogP contribution >= 0.6 is 0 Å². The summed E-state index contributed by atoms with van der Waals surface area (Å²) in [5.41, 5.74) is 0. The van der Waals surface area contributed by atoms with E-state index in [9.17, 15) is 4.79 Å². The zero-order valence-electron chi connectivity index (χ0n) is 8.23. The SMILES string of the molecule is C=CCCOC1(OC)C=CC=CC1=O. The Balaban J connectivity index is 2.65. The summed E-state index contributed by atoms with van der Waals surface area (Å²) in [5, 5.41) is 0. The van der Waals surface area contributed by atoms with Crippen LogP contribution in [0.2, 0.25) is 0 Å². The van der Waals surface area contributed by atoms with Crippen molar-refractivity contribution in [1.29, 1.82) is 0 Å². The molecule has 0 bridgehead atoms. The number of ether oxygens (including phenoxy) is 2. The van der Waals surface area contributed by atoms with Crippen LogP contribution in [0.5, 0.6) is 0 Å². The minimum Gasteiger partial charge on any atom is -0.344 e. The Hall–Kier alpha value is -1.19. The lowest BCUT2D eigenvalue weighted by molar-refractivity contribution is -0.191. The molecule has 0 saturated heterocycles. The van der Waals surface area contributed by atoms with Gasteiger partial charge in [0.25, 0.3) is 5.79 Å². The second-order valence-corrected chi connectivity index (χ2v) is 2.88. The normalized spacial score (nSPS) is 25.4. The molecule has 3 heteroatoms. The van der Waals surface area contributed by atoms with Gasteiger partial charge >= 0.3 is 0 Å². The van der Waals surface area contributed by atoms with Crippen molar-refractivity contribution >= 4 is 5.78 Å². The van der Waals surface area contributed by atoms with Crippen LogP contribution in [0.3, 0.4) is 0 Å². The molecule has 0 heterocycles. The molecule has 0 spiro atoms. The molecule has 0 aromatic rings. The van der Waals surface area contributed by atoms with E-state index >= 15 is 0 Å². The van der Waals surface area contributed by atoms with Crippen LogP contribution in [0, 0.1) is 0 Å². The lowest BCUT2D eigenvalue weighted by Crippen LogP contribution is -2.42. The second-order valence-electron chi connectivity index (χ2n) is 2.88. The summed E-state index contributed by atoms with van der Waals surface area (Å²) in [5.74, 6) is -1.41. The highest BCUT2D eigenvalue weighted by atomic mass is 16.7. The van der Waals surface area contributed by atoms with E-state index in [0.717, 1.165) is 0 Å². The van der Waals surface area contributed by atoms with E-state index in [0.29, 0.717) is 13.0 Å². The van der Waals surface area contributed by atoms with E-state index in [2.05, 4.69) is 6.58 Å². The molecule has 1 atom stereocenters. The minimum atomic E-state index is -1.22. The average Bonchev–Trinajstić information content (AvgIpc) is 2.21. The molecule has 0 saturated carbocycles. The minimum absolute atomic E-state index is 0.188. The van der Waals surface area contributed by atoms with Crippen molar-refractivity contribution in [2.75, 3.05) is 13.7 Å². The zero-order valence-corrected chi connectivity index (χ0v) is 8.23. The van der Waals surface area contributed by atoms with E-state index in [1.54, 1.807) is 24.3 Å². The summed E-state index contributed by atoms with van der Waals surface area (Å²) in [6.07, 6.45) is 8.87. The van der Waals surface area contributed by atoms with Crippen molar-refractivity contribution in [1.82, 2.24) is 0 Å². The third kappa shape index (κ3) is 2.19. The maximum absolute atomic E-state index is 11.5. The molecule has 1 rings (SSSR count). The van der Waals surface area contributed by atoms with Crippen molar-refractivity contribution in [3.63, 3.8) is 0 Å². The zero-order chi connectivity index (χ0) is 10.4. The number of hydrogen-bond donors (Lipinski definition) is 0. The summed E-state index contributed by atoms with van der Waals surface area (Å²) in [7, 11) is 1.45. The maximum atomic E-state index is 11.5. The van der Waals surface area contributed by atoms with Crippen molar-refractivity contribution in [2.24, 2.45) is 0 Å². The molecular weight excluding hydrogens is 180 g/mol. The van der Waals surface area contributed by atoms with E-state index in [1.807, 2.05) is 0 Å². The van der Waals surface area contributed by atoms with Gasteiger partial charge in [0.05, 0.1) is 6.61 Å². The largest absolute Gasteiger partial charge is 0.344 e. The lowest BCUT2D eigenvalue weighted by Gasteiger charge is -2.27. The molecule has 0 fully saturated rings. The van der Waals surface area contributed by atoms with Crippen molar-refractivity contribution in [3.05, 3.63) is 37.0 Å². The van der Waals surface area contributed by atoms with Crippen molar-refractivity contribution in [3.8, 4) is 0 Å². The number of methoxy groups -OCH3 is 1. The Morgan fingerprint density at radius 1 is 1.57 bits per heavy atom. The van der Waals surface area contributed by atoms with E-state index in [-0.39, 0.29) is 5.78 Å². The topological polar surface area (TPSA) is 35.5 Å². The molecule has 0 aromatic heterocycles. The summed E-state index contributed by atoms with van der Waals surface area (Å²) in [6.45, 7) is 3.99. The van der Waals surface area contributed by atoms with Gasteiger partial charge in [0.2, 0.25) is 5.78 Å². The Morgan fingerprint density at radius 2 is 2.36 bits per heavy atom. The summed E-state index contributed by atoms with van der Waals surface area (Å²) < 4.78 is 10.5. The molecule has 0 radical (unpaired) electrons. The van der Waals surface area contributed by atoms with Gasteiger partial charge in [-0.25, -0.2) is 0 Å². The molecular formula is C11H14O3. The second kappa shape index (κ2) is 4.88. The monoisotopic (exact) mass is 194 g/mol. The highest BCUT2D eigenvalue weighted by Crippen LogP contribution is 2.20. The average molecular weight is 194 g/mol. The fourth-order valence-electron chi connectivity index (χ4n) is 1.16. The number of carbonyl (C=O) groups is 1. The molecule has 1 aliphatic rings. The van der Waals surface area contributed by atoms with Crippen molar-refractivity contribution < 1.29 is 14.3 Å². The molecule has 14 heavy (non-hydrogen) atoms. The number of carbonyl (C=O) groups excluding carboxylic acids is 1. The van der Waals surface area contributed by atoms with E-state index < -0.39 is 5.79 Å². The predicted octanol–water partition coefficient (Wildman–Crippen LogP) is 1.62. The third-order valence-electron chi connectivity index (χ3n) is 1.96. The predicted molar refractivity (Wildman–Crippen MR) is 53.8 cm³/mol. The molecule has 0 amide bonds. The number of rotatable bonds is 5. The van der Waals surface area contributed by atoms with Crippen molar-refractivity contribution in [2.45, 2.75) is 12.2 Å². The van der Waals surface area contributed by atoms with E-state index in [1.165, 1.54) is 13.2 Å². The number of allylic oxidation sites excluding steroid dienone is 2. The van der Waals surface area contributed by atoms with Crippen LogP contribution in [0.15, 0.2) is 37.0 Å². The maximum Gasteiger partial charge on any atom is 0.253 e. The van der Waals surface area contributed by atoms with Gasteiger partial charge in [-0.2, -0.15) is 0 Å². The fraction of sp³-hybridized carbons (Fsp3) is 0.364. The van der Waals surface area contributed by atoms with Crippen LogP contribution in [-0.2, 0) is 14.3 Å². The van der Waals surface area contributed by atoms with Gasteiger partial charge < -0.3 is 9.47 Å². The van der Waals surface area contributed by atoms with Gasteiger partial charge in [-0.05, 0) is 18.6 Å². The lowest BCUT2D eigenvalue weighted by atomic mass is 10.1. The Bertz CT molecular complexity index is 278. The summed E-state index contributed by atoms with van der Waals surface area (Å²) >= 11 is 0. The van der Waals surface area contributed by atoms with E-state index in [4.69, 9.17) is 9.47 Å². The van der Waals surface area contributed by atoms with Gasteiger partial charge in [0.1, 0.15) is 0 Å². The molecule has 0 aliphatic heterocycles. The first-order valence-electron chi connectivity index (χ1n) is 4.45. The summed E-state index contributed by atoms with van der Waals surface area (Å²) in [6, 6.07) is 0. The Kier molecular flexibility index (Phi) is 3.80. The molecule has 0 aromatic carbocycles. The van der Waals surface area contributed by atoms with Gasteiger partial charge in [0.15, 0.2) is 0 Å². The first-order chi connectivity index (χ1) is 6.75. The molecule has 0 N–H and O–H groups in total. The highest BCUT2D eigenvalue weighted by molar-refractivity contribution is 5.98. The van der Waals surface area contributed by atoms with Crippen LogP contribution in [0.1, 0.15) is 6.42 Å². The van der Waals surface area contributed by atoms with Crippen LogP contribution in [-0.4, -0.2) is 25.3 Å². The molecule has 1 unspecified atom stereocenters.